The van der Waals surface area contributed by atoms with E-state index in [1.54, 1.807) is 38.1 Å². The van der Waals surface area contributed by atoms with Gasteiger partial charge in [0.1, 0.15) is 11.6 Å². The van der Waals surface area contributed by atoms with Crippen LogP contribution in [0.1, 0.15) is 23.6 Å². The lowest BCUT2D eigenvalue weighted by Crippen LogP contribution is -2.52. The number of halogens is 1. The molecule has 0 saturated carbocycles. The quantitative estimate of drug-likeness (QED) is 0.441. The first kappa shape index (κ1) is 21.7. The molecule has 7 nitrogen and oxygen atoms in total. The minimum atomic E-state index is -1.86. The minimum absolute atomic E-state index is 0.0115. The van der Waals surface area contributed by atoms with E-state index >= 15 is 0 Å². The first-order valence-electron chi connectivity index (χ1n) is 10.3. The largest absolute Gasteiger partial charge is 0.507 e. The number of aliphatic hydroxyl groups excluding tert-OH is 1. The second-order valence-electron chi connectivity index (χ2n) is 7.74. The van der Waals surface area contributed by atoms with Crippen LogP contribution in [0.25, 0.3) is 5.76 Å². The molecule has 2 aliphatic heterocycles. The third kappa shape index (κ3) is 2.79. The van der Waals surface area contributed by atoms with Crippen molar-refractivity contribution in [2.45, 2.75) is 19.4 Å². The second-order valence-corrected chi connectivity index (χ2v) is 7.74. The molecule has 0 bridgehead atoms. The summed E-state index contributed by atoms with van der Waals surface area (Å²) in [6, 6.07) is 10.8. The smallest absolute Gasteiger partial charge is 0.296 e. The molecule has 1 atom stereocenters. The van der Waals surface area contributed by atoms with E-state index in [0.717, 1.165) is 11.0 Å². The van der Waals surface area contributed by atoms with Gasteiger partial charge in [0.05, 0.1) is 17.9 Å². The Kier molecular flexibility index (Phi) is 5.34. The van der Waals surface area contributed by atoms with Crippen LogP contribution in [0.5, 0.6) is 0 Å². The van der Waals surface area contributed by atoms with Gasteiger partial charge in [-0.05, 0) is 31.5 Å². The number of rotatable bonds is 5. The summed E-state index contributed by atoms with van der Waals surface area (Å²) >= 11 is 0. The lowest BCUT2D eigenvalue weighted by molar-refractivity contribution is -0.144. The normalized spacial score (nSPS) is 21.7. The first-order chi connectivity index (χ1) is 15.3. The number of hydrogen-bond donors (Lipinski definition) is 1. The van der Waals surface area contributed by atoms with Crippen LogP contribution in [0.2, 0.25) is 0 Å². The van der Waals surface area contributed by atoms with E-state index in [1.807, 2.05) is 0 Å². The zero-order valence-corrected chi connectivity index (χ0v) is 18.0. The number of methoxy groups -OCH3 is 1. The third-order valence-electron chi connectivity index (χ3n) is 6.09. The molecular formula is C24H23FN2O5. The zero-order valence-electron chi connectivity index (χ0n) is 18.0. The highest BCUT2D eigenvalue weighted by Gasteiger charge is 2.66. The van der Waals surface area contributed by atoms with Crippen LogP contribution in [0.15, 0.2) is 48.0 Å². The highest BCUT2D eigenvalue weighted by molar-refractivity contribution is 6.50. The van der Waals surface area contributed by atoms with Gasteiger partial charge in [0.2, 0.25) is 0 Å². The van der Waals surface area contributed by atoms with Crippen molar-refractivity contribution in [1.82, 2.24) is 4.90 Å². The van der Waals surface area contributed by atoms with Crippen molar-refractivity contribution < 1.29 is 28.6 Å². The average Bonchev–Trinajstić information content (AvgIpc) is 3.16. The average molecular weight is 438 g/mol. The molecule has 166 valence electrons. The van der Waals surface area contributed by atoms with Crippen LogP contribution in [0.3, 0.4) is 0 Å². The number of likely N-dealkylation sites (N-methyl/N-ethyl adjacent to an activating group) is 1. The Morgan fingerprint density at radius 1 is 1.16 bits per heavy atom. The van der Waals surface area contributed by atoms with E-state index < -0.39 is 34.7 Å². The van der Waals surface area contributed by atoms with Gasteiger partial charge in [-0.1, -0.05) is 30.3 Å². The number of benzene rings is 2. The summed E-state index contributed by atoms with van der Waals surface area (Å²) in [4.78, 5) is 42.9. The Hall–Kier alpha value is -3.52. The third-order valence-corrected chi connectivity index (χ3v) is 6.09. The molecule has 0 radical (unpaired) electrons. The highest BCUT2D eigenvalue weighted by atomic mass is 19.1. The molecule has 1 saturated heterocycles. The molecule has 0 aliphatic carbocycles. The van der Waals surface area contributed by atoms with Crippen molar-refractivity contribution in [3.63, 3.8) is 0 Å². The topological polar surface area (TPSA) is 87.2 Å². The van der Waals surface area contributed by atoms with Gasteiger partial charge in [0, 0.05) is 31.3 Å². The lowest BCUT2D eigenvalue weighted by Gasteiger charge is -2.34. The SMILES string of the molecule is CCN1C(=O)C2(/C(=C(\O)c3ccc(C)c(F)c3)C(=O)C(=O)N2CCOC)c2ccccc21. The Bertz CT molecular complexity index is 1170. The lowest BCUT2D eigenvalue weighted by atomic mass is 9.82. The summed E-state index contributed by atoms with van der Waals surface area (Å²) in [6.07, 6.45) is 0. The molecule has 8 heteroatoms. The number of nitrogens with zero attached hydrogens (tertiary/aromatic N) is 2. The summed E-state index contributed by atoms with van der Waals surface area (Å²) < 4.78 is 19.4. The summed E-state index contributed by atoms with van der Waals surface area (Å²) in [5.41, 5.74) is -0.893. The van der Waals surface area contributed by atoms with Crippen LogP contribution in [-0.2, 0) is 24.7 Å². The predicted octanol–water partition coefficient (Wildman–Crippen LogP) is 2.72. The van der Waals surface area contributed by atoms with Crippen LogP contribution in [0, 0.1) is 12.7 Å². The summed E-state index contributed by atoms with van der Waals surface area (Å²) in [6.45, 7) is 3.68. The molecule has 2 aromatic rings. The number of hydrogen-bond acceptors (Lipinski definition) is 5. The van der Waals surface area contributed by atoms with Crippen molar-refractivity contribution in [3.05, 3.63) is 70.5 Å². The van der Waals surface area contributed by atoms with Crippen molar-refractivity contribution in [3.8, 4) is 0 Å². The van der Waals surface area contributed by atoms with Crippen molar-refractivity contribution in [1.29, 1.82) is 0 Å². The van der Waals surface area contributed by atoms with Gasteiger partial charge >= 0.3 is 0 Å². The molecule has 2 aromatic carbocycles. The molecule has 32 heavy (non-hydrogen) atoms. The number of carbonyl (C=O) groups excluding carboxylic acids is 3. The van der Waals surface area contributed by atoms with Crippen LogP contribution < -0.4 is 4.90 Å². The number of likely N-dealkylation sites (tertiary alicyclic amines) is 1. The monoisotopic (exact) mass is 438 g/mol. The molecular weight excluding hydrogens is 415 g/mol. The Balaban J connectivity index is 2.07. The summed E-state index contributed by atoms with van der Waals surface area (Å²) in [5, 5.41) is 11.2. The van der Waals surface area contributed by atoms with Crippen LogP contribution in [-0.4, -0.2) is 54.4 Å². The number of para-hydroxylation sites is 1. The molecule has 1 spiro atoms. The molecule has 1 unspecified atom stereocenters. The predicted molar refractivity (Wildman–Crippen MR) is 115 cm³/mol. The van der Waals surface area contributed by atoms with Crippen molar-refractivity contribution in [2.75, 3.05) is 31.7 Å². The Morgan fingerprint density at radius 3 is 2.53 bits per heavy atom. The second kappa shape index (κ2) is 7.87. The van der Waals surface area contributed by atoms with Gasteiger partial charge in [0.15, 0.2) is 5.54 Å². The number of ketones is 1. The van der Waals surface area contributed by atoms with E-state index in [2.05, 4.69) is 0 Å². The van der Waals surface area contributed by atoms with Gasteiger partial charge in [-0.15, -0.1) is 0 Å². The fourth-order valence-corrected chi connectivity index (χ4v) is 4.55. The Labute approximate surface area is 184 Å². The molecule has 2 aliphatic rings. The minimum Gasteiger partial charge on any atom is -0.507 e. The van der Waals surface area contributed by atoms with Gasteiger partial charge in [-0.2, -0.15) is 0 Å². The fraction of sp³-hybridized carbons (Fsp3) is 0.292. The first-order valence-corrected chi connectivity index (χ1v) is 10.3. The van der Waals surface area contributed by atoms with E-state index in [0.29, 0.717) is 23.4 Å². The maximum Gasteiger partial charge on any atom is 0.296 e. The zero-order chi connectivity index (χ0) is 23.2. The molecule has 2 heterocycles. The number of amides is 2. The molecule has 2 amide bonds. The number of ether oxygens (including phenoxy) is 1. The van der Waals surface area contributed by atoms with Gasteiger partial charge in [-0.25, -0.2) is 4.39 Å². The van der Waals surface area contributed by atoms with Crippen molar-refractivity contribution >= 4 is 29.0 Å². The van der Waals surface area contributed by atoms with E-state index in [9.17, 15) is 23.9 Å². The highest BCUT2D eigenvalue weighted by Crippen LogP contribution is 2.53. The molecule has 1 fully saturated rings. The molecule has 1 N–H and O–H groups in total. The van der Waals surface area contributed by atoms with Gasteiger partial charge in [-0.3, -0.25) is 14.4 Å². The number of aliphatic hydroxyl groups is 1. The summed E-state index contributed by atoms with van der Waals surface area (Å²) in [7, 11) is 1.45. The number of aryl methyl sites for hydroxylation is 1. The standard InChI is InChI=1S/C24H23FN2O5/c1-4-26-18-8-6-5-7-16(18)24(23(26)31)19(21(29)22(30)27(24)11-12-32-3)20(28)15-10-9-14(2)17(25)13-15/h5-10,13,28H,4,11-12H2,1-3H3/b20-19-. The maximum absolute atomic E-state index is 14.3. The van der Waals surface area contributed by atoms with E-state index in [4.69, 9.17) is 4.74 Å². The molecule has 4 rings (SSSR count). The number of fused-ring (bicyclic) bond motifs is 2. The van der Waals surface area contributed by atoms with Gasteiger partial charge < -0.3 is 19.6 Å². The van der Waals surface area contributed by atoms with E-state index in [-0.39, 0.29) is 24.3 Å². The van der Waals surface area contributed by atoms with Crippen LogP contribution >= 0.6 is 0 Å². The fourth-order valence-electron chi connectivity index (χ4n) is 4.55. The summed E-state index contributed by atoms with van der Waals surface area (Å²) in [5.74, 6) is -3.61. The van der Waals surface area contributed by atoms with Crippen molar-refractivity contribution in [2.24, 2.45) is 0 Å². The number of anilines is 1. The van der Waals surface area contributed by atoms with E-state index in [1.165, 1.54) is 24.1 Å². The Morgan fingerprint density at radius 2 is 1.88 bits per heavy atom. The molecule has 0 aromatic heterocycles. The number of carbonyl (C=O) groups is 3. The maximum atomic E-state index is 14.3. The number of Topliss-reactive ketones (excluding diaryl/α,β-unsaturated/α-hetero) is 1. The van der Waals surface area contributed by atoms with Crippen LogP contribution in [0.4, 0.5) is 10.1 Å². The van der Waals surface area contributed by atoms with Gasteiger partial charge in [0.25, 0.3) is 17.6 Å².